The summed E-state index contributed by atoms with van der Waals surface area (Å²) in [7, 11) is 0. The van der Waals surface area contributed by atoms with Gasteiger partial charge in [-0.2, -0.15) is 0 Å². The molecule has 0 aliphatic rings. The number of nitrogens with zero attached hydrogens (tertiary/aromatic N) is 1. The van der Waals surface area contributed by atoms with Gasteiger partial charge in [0.25, 0.3) is 5.91 Å². The van der Waals surface area contributed by atoms with Crippen LogP contribution in [0.15, 0.2) is 4.99 Å². The number of aliphatic imine (C=N–C) groups is 1. The van der Waals surface area contributed by atoms with Crippen LogP contribution in [0.5, 0.6) is 0 Å². The Morgan fingerprint density at radius 1 is 1.30 bits per heavy atom. The molecule has 0 radical (unpaired) electrons. The number of ether oxygens (including phenoxy) is 2. The van der Waals surface area contributed by atoms with Crippen LogP contribution in [0.25, 0.3) is 0 Å². The van der Waals surface area contributed by atoms with Gasteiger partial charge in [-0.1, -0.05) is 34.1 Å². The van der Waals surface area contributed by atoms with E-state index in [-0.39, 0.29) is 13.2 Å². The molecule has 0 saturated heterocycles. The Bertz CT molecular complexity index is 417. The summed E-state index contributed by atoms with van der Waals surface area (Å²) in [6, 6.07) is -0.933. The molecule has 0 spiro atoms. The molecule has 0 fully saturated rings. The number of rotatable bonds is 8. The largest absolute Gasteiger partial charge is 0.595 e. The Morgan fingerprint density at radius 2 is 1.91 bits per heavy atom. The molecule has 1 unspecified atom stereocenters. The van der Waals surface area contributed by atoms with Crippen LogP contribution >= 0.6 is 0 Å². The second-order valence-corrected chi connectivity index (χ2v) is 5.93. The lowest BCUT2D eigenvalue weighted by molar-refractivity contribution is -0.261. The summed E-state index contributed by atoms with van der Waals surface area (Å²) < 4.78 is 9.72. The van der Waals surface area contributed by atoms with Crippen LogP contribution in [0.3, 0.4) is 0 Å². The van der Waals surface area contributed by atoms with Gasteiger partial charge < -0.3 is 25.0 Å². The lowest BCUT2D eigenvalue weighted by Gasteiger charge is -2.30. The van der Waals surface area contributed by atoms with Gasteiger partial charge in [0.05, 0.1) is 12.6 Å². The Hall–Kier alpha value is -1.83. The molecule has 23 heavy (non-hydrogen) atoms. The van der Waals surface area contributed by atoms with E-state index in [1.54, 1.807) is 27.7 Å². The first-order valence-corrected chi connectivity index (χ1v) is 7.66. The van der Waals surface area contributed by atoms with Crippen LogP contribution in [0.2, 0.25) is 0 Å². The van der Waals surface area contributed by atoms with Gasteiger partial charge in [0.15, 0.2) is 6.10 Å². The van der Waals surface area contributed by atoms with Crippen LogP contribution in [-0.4, -0.2) is 54.0 Å². The molecule has 0 aromatic rings. The van der Waals surface area contributed by atoms with Gasteiger partial charge in [0.2, 0.25) is 0 Å². The molecule has 2 N–H and O–H groups in total. The minimum Gasteiger partial charge on any atom is -0.595 e. The van der Waals surface area contributed by atoms with Crippen molar-refractivity contribution in [2.45, 2.75) is 65.2 Å². The summed E-state index contributed by atoms with van der Waals surface area (Å²) >= 11 is 0. The van der Waals surface area contributed by atoms with Gasteiger partial charge in [-0.3, -0.25) is 14.6 Å². The van der Waals surface area contributed by atoms with E-state index in [0.29, 0.717) is 12.8 Å². The van der Waals surface area contributed by atoms with Crippen molar-refractivity contribution in [1.29, 1.82) is 0 Å². The van der Waals surface area contributed by atoms with Crippen LogP contribution in [0.4, 0.5) is 0 Å². The maximum absolute atomic E-state index is 11.9. The zero-order chi connectivity index (χ0) is 18.0. The molecular formula is C15H27N2O6-. The van der Waals surface area contributed by atoms with Crippen molar-refractivity contribution < 1.29 is 29.3 Å². The number of esters is 1. The maximum Gasteiger partial charge on any atom is 0.325 e. The van der Waals surface area contributed by atoms with Crippen LogP contribution in [0.1, 0.15) is 47.5 Å². The van der Waals surface area contributed by atoms with Crippen molar-refractivity contribution >= 4 is 18.0 Å². The highest BCUT2D eigenvalue weighted by molar-refractivity contribution is 5.85. The molecule has 0 rings (SSSR count). The number of nitrogens with one attached hydrogen (secondary N) is 1. The standard InChI is InChI=1S/C15H28N2O6/c1-6-8-10(17-14(21)23-15(3,4)5)12(19)13(20)16-9-11(18)22-7-2/h10,12,19H,6-9H2,1-5H3,(H,16,20)(H,17,21)/p-1/t10-,12?/m0/s1. The highest BCUT2D eigenvalue weighted by atomic mass is 16.6. The third-order valence-corrected chi connectivity index (χ3v) is 2.59. The third-order valence-electron chi connectivity index (χ3n) is 2.59. The minimum absolute atomic E-state index is 0.198. The van der Waals surface area contributed by atoms with E-state index < -0.39 is 35.7 Å². The third kappa shape index (κ3) is 9.72. The van der Waals surface area contributed by atoms with E-state index in [9.17, 15) is 19.8 Å². The molecular weight excluding hydrogens is 304 g/mol. The molecule has 0 saturated carbocycles. The molecule has 0 heterocycles. The maximum atomic E-state index is 11.9. The lowest BCUT2D eigenvalue weighted by atomic mass is 10.1. The molecule has 8 nitrogen and oxygen atoms in total. The summed E-state index contributed by atoms with van der Waals surface area (Å²) in [6.45, 7) is 8.40. The number of hydrogen-bond donors (Lipinski definition) is 2. The fourth-order valence-electron chi connectivity index (χ4n) is 1.66. The zero-order valence-electron chi connectivity index (χ0n) is 14.4. The highest BCUT2D eigenvalue weighted by Crippen LogP contribution is 2.11. The summed E-state index contributed by atoms with van der Waals surface area (Å²) in [5, 5.41) is 24.0. The average molecular weight is 331 g/mol. The number of carbonyl (C=O) groups is 2. The molecule has 1 amide bonds. The molecule has 0 aromatic carbocycles. The molecule has 8 heteroatoms. The second kappa shape index (κ2) is 10.0. The number of carbonyl (C=O) groups excluding carboxylic acids is 2. The predicted octanol–water partition coefficient (Wildman–Crippen LogP) is -0.273. The van der Waals surface area contributed by atoms with E-state index in [0.717, 1.165) is 0 Å². The van der Waals surface area contributed by atoms with Gasteiger partial charge in [-0.25, -0.2) is 0 Å². The molecule has 0 aromatic heterocycles. The van der Waals surface area contributed by atoms with Crippen molar-refractivity contribution in [1.82, 2.24) is 5.32 Å². The normalized spacial score (nSPS) is 14.8. The molecule has 134 valence electrons. The summed E-state index contributed by atoms with van der Waals surface area (Å²) in [5.74, 6) is -1.40. The van der Waals surface area contributed by atoms with E-state index in [1.165, 1.54) is 0 Å². The van der Waals surface area contributed by atoms with Crippen molar-refractivity contribution in [2.75, 3.05) is 13.2 Å². The zero-order valence-corrected chi connectivity index (χ0v) is 14.4. The van der Waals surface area contributed by atoms with Crippen molar-refractivity contribution in [3.8, 4) is 0 Å². The average Bonchev–Trinajstić information content (AvgIpc) is 2.41. The summed E-state index contributed by atoms with van der Waals surface area (Å²) in [6.07, 6.45) is -1.45. The lowest BCUT2D eigenvalue weighted by Crippen LogP contribution is -2.44. The van der Waals surface area contributed by atoms with E-state index in [4.69, 9.17) is 4.74 Å². The molecule has 2 atom stereocenters. The fraction of sp³-hybridized carbons (Fsp3) is 0.800. The second-order valence-electron chi connectivity index (χ2n) is 5.93. The van der Waals surface area contributed by atoms with E-state index in [1.807, 2.05) is 6.92 Å². The Morgan fingerprint density at radius 3 is 2.39 bits per heavy atom. The van der Waals surface area contributed by atoms with Gasteiger partial charge in [0, 0.05) is 5.60 Å². The Labute approximate surface area is 136 Å². The van der Waals surface area contributed by atoms with Gasteiger partial charge in [-0.05, 0) is 13.3 Å². The van der Waals surface area contributed by atoms with Crippen LogP contribution in [0, 0.1) is 0 Å². The van der Waals surface area contributed by atoms with Gasteiger partial charge in [-0.15, -0.1) is 0 Å². The monoisotopic (exact) mass is 331 g/mol. The van der Waals surface area contributed by atoms with E-state index >= 15 is 0 Å². The van der Waals surface area contributed by atoms with Gasteiger partial charge in [0.1, 0.15) is 12.6 Å². The predicted molar refractivity (Wildman–Crippen MR) is 82.6 cm³/mol. The number of hydrogen-bond acceptors (Lipinski definition) is 7. The van der Waals surface area contributed by atoms with E-state index in [2.05, 4.69) is 15.0 Å². The summed E-state index contributed by atoms with van der Waals surface area (Å²) in [4.78, 5) is 26.8. The van der Waals surface area contributed by atoms with Crippen molar-refractivity contribution in [3.63, 3.8) is 0 Å². The number of aliphatic hydroxyl groups is 1. The first-order valence-electron chi connectivity index (χ1n) is 7.66. The Kier molecular flexibility index (Phi) is 9.24. The SMILES string of the molecule is CCC[C@H](N=C([O-])OC(C)(C)C)C(O)C(=O)NCC(=O)OCC. The number of amides is 1. The number of aliphatic hydroxyl groups excluding tert-OH is 1. The van der Waals surface area contributed by atoms with Gasteiger partial charge >= 0.3 is 5.97 Å². The smallest absolute Gasteiger partial charge is 0.325 e. The van der Waals surface area contributed by atoms with Crippen molar-refractivity contribution in [3.05, 3.63) is 0 Å². The van der Waals surface area contributed by atoms with Crippen LogP contribution in [-0.2, 0) is 19.1 Å². The molecule has 0 aliphatic heterocycles. The minimum atomic E-state index is -1.54. The molecule has 0 aliphatic carbocycles. The molecule has 0 bridgehead atoms. The summed E-state index contributed by atoms with van der Waals surface area (Å²) in [5.41, 5.74) is -0.714. The first-order chi connectivity index (χ1) is 10.6. The van der Waals surface area contributed by atoms with Crippen molar-refractivity contribution in [2.24, 2.45) is 4.99 Å². The quantitative estimate of drug-likeness (QED) is 0.359. The Balaban J connectivity index is 4.77. The highest BCUT2D eigenvalue weighted by Gasteiger charge is 2.25. The first kappa shape index (κ1) is 21.2. The topological polar surface area (TPSA) is 120 Å². The van der Waals surface area contributed by atoms with Crippen LogP contribution < -0.4 is 10.4 Å². The fourth-order valence-corrected chi connectivity index (χ4v) is 1.66.